The van der Waals surface area contributed by atoms with Crippen molar-refractivity contribution < 1.29 is 0 Å². The summed E-state index contributed by atoms with van der Waals surface area (Å²) in [5.41, 5.74) is 11.0. The van der Waals surface area contributed by atoms with Crippen LogP contribution >= 0.6 is 0 Å². The van der Waals surface area contributed by atoms with Crippen LogP contribution in [0.4, 0.5) is 17.1 Å². The maximum atomic E-state index is 5.18. The summed E-state index contributed by atoms with van der Waals surface area (Å²) in [5.74, 6) is 0.917. The largest absolute Gasteiger partial charge is 0.311 e. The molecule has 0 fully saturated rings. The van der Waals surface area contributed by atoms with Gasteiger partial charge in [0.2, 0.25) is 0 Å². The van der Waals surface area contributed by atoms with E-state index < -0.39 is 0 Å². The van der Waals surface area contributed by atoms with E-state index in [2.05, 4.69) is 208 Å². The number of para-hydroxylation sites is 5. The van der Waals surface area contributed by atoms with Crippen molar-refractivity contribution >= 4 is 60.7 Å². The van der Waals surface area contributed by atoms with Gasteiger partial charge in [-0.25, -0.2) is 4.98 Å². The lowest BCUT2D eigenvalue weighted by Crippen LogP contribution is -2.10. The van der Waals surface area contributed by atoms with Gasteiger partial charge in [-0.15, -0.1) is 0 Å². The van der Waals surface area contributed by atoms with Crippen molar-refractivity contribution in [3.63, 3.8) is 0 Å². The Morgan fingerprint density at radius 3 is 1.61 bits per heavy atom. The monoisotopic (exact) mass is 652 g/mol. The lowest BCUT2D eigenvalue weighted by atomic mass is 10.1. The van der Waals surface area contributed by atoms with Gasteiger partial charge in [0.25, 0.3) is 0 Å². The molecule has 0 spiro atoms. The Hall–Kier alpha value is -6.91. The van der Waals surface area contributed by atoms with Gasteiger partial charge >= 0.3 is 0 Å². The highest BCUT2D eigenvalue weighted by atomic mass is 15.1. The molecule has 0 atom stereocenters. The summed E-state index contributed by atoms with van der Waals surface area (Å²) in [5, 5.41) is 4.92. The molecule has 0 aliphatic heterocycles. The van der Waals surface area contributed by atoms with Crippen molar-refractivity contribution in [1.82, 2.24) is 14.1 Å². The number of imidazole rings is 1. The van der Waals surface area contributed by atoms with Crippen molar-refractivity contribution in [2.24, 2.45) is 0 Å². The first-order chi connectivity index (χ1) is 25.3. The topological polar surface area (TPSA) is 26.0 Å². The van der Waals surface area contributed by atoms with E-state index in [1.54, 1.807) is 0 Å². The SMILES string of the molecule is c1ccc(N(c2ccc(-c3nc4ccccc4n3-c3cccc4ccccc34)cc2)c2ccc(-n3c4ccccc4c4ccccc43)cc2)cc1. The fourth-order valence-corrected chi connectivity index (χ4v) is 7.60. The molecule has 10 rings (SSSR count). The van der Waals surface area contributed by atoms with Gasteiger partial charge in [-0.05, 0) is 96.4 Å². The number of anilines is 3. The van der Waals surface area contributed by atoms with Crippen LogP contribution in [0.25, 0.3) is 66.4 Å². The number of aromatic nitrogens is 3. The van der Waals surface area contributed by atoms with Crippen molar-refractivity contribution in [3.8, 4) is 22.8 Å². The number of hydrogen-bond donors (Lipinski definition) is 0. The van der Waals surface area contributed by atoms with Crippen LogP contribution in [0.3, 0.4) is 0 Å². The molecule has 0 radical (unpaired) electrons. The van der Waals surface area contributed by atoms with Crippen LogP contribution in [0.15, 0.2) is 194 Å². The summed E-state index contributed by atoms with van der Waals surface area (Å²) in [6.07, 6.45) is 0. The molecule has 0 aliphatic rings. The third kappa shape index (κ3) is 4.80. The molecule has 0 saturated carbocycles. The summed E-state index contributed by atoms with van der Waals surface area (Å²) in [4.78, 5) is 7.49. The average Bonchev–Trinajstić information content (AvgIpc) is 3.75. The van der Waals surface area contributed by atoms with Gasteiger partial charge in [-0.3, -0.25) is 4.57 Å². The van der Waals surface area contributed by atoms with E-state index in [0.717, 1.165) is 50.9 Å². The predicted molar refractivity (Wildman–Crippen MR) is 213 cm³/mol. The van der Waals surface area contributed by atoms with Gasteiger partial charge in [0.15, 0.2) is 0 Å². The third-order valence-corrected chi connectivity index (χ3v) is 9.91. The second-order valence-electron chi connectivity index (χ2n) is 12.9. The molecular weight excluding hydrogens is 621 g/mol. The van der Waals surface area contributed by atoms with Gasteiger partial charge < -0.3 is 9.47 Å². The van der Waals surface area contributed by atoms with Gasteiger partial charge in [-0.2, -0.15) is 0 Å². The van der Waals surface area contributed by atoms with Gasteiger partial charge in [0.05, 0.1) is 27.8 Å². The molecule has 2 aromatic heterocycles. The number of hydrogen-bond acceptors (Lipinski definition) is 2. The minimum Gasteiger partial charge on any atom is -0.311 e. The van der Waals surface area contributed by atoms with Crippen molar-refractivity contribution in [2.75, 3.05) is 4.90 Å². The lowest BCUT2D eigenvalue weighted by molar-refractivity contribution is 1.11. The molecule has 240 valence electrons. The highest BCUT2D eigenvalue weighted by Gasteiger charge is 2.18. The quantitative estimate of drug-likeness (QED) is 0.179. The van der Waals surface area contributed by atoms with Crippen LogP contribution in [0.1, 0.15) is 0 Å². The number of rotatable bonds is 6. The first-order valence-corrected chi connectivity index (χ1v) is 17.3. The van der Waals surface area contributed by atoms with Crippen molar-refractivity contribution in [2.45, 2.75) is 0 Å². The normalized spacial score (nSPS) is 11.5. The van der Waals surface area contributed by atoms with Crippen LogP contribution < -0.4 is 4.90 Å². The van der Waals surface area contributed by atoms with Crippen LogP contribution in [0.5, 0.6) is 0 Å². The van der Waals surface area contributed by atoms with Crippen molar-refractivity contribution in [3.05, 3.63) is 194 Å². The second kappa shape index (κ2) is 11.9. The smallest absolute Gasteiger partial charge is 0.145 e. The molecule has 0 amide bonds. The fourth-order valence-electron chi connectivity index (χ4n) is 7.60. The molecule has 4 nitrogen and oxygen atoms in total. The van der Waals surface area contributed by atoms with Gasteiger partial charge in [-0.1, -0.05) is 103 Å². The Kier molecular flexibility index (Phi) is 6.78. The predicted octanol–water partition coefficient (Wildman–Crippen LogP) is 12.4. The highest BCUT2D eigenvalue weighted by Crippen LogP contribution is 2.39. The minimum absolute atomic E-state index is 0.917. The fraction of sp³-hybridized carbons (Fsp3) is 0. The maximum Gasteiger partial charge on any atom is 0.145 e. The van der Waals surface area contributed by atoms with Crippen LogP contribution in [-0.2, 0) is 0 Å². The molecule has 0 saturated heterocycles. The first-order valence-electron chi connectivity index (χ1n) is 17.3. The van der Waals surface area contributed by atoms with E-state index in [9.17, 15) is 0 Å². The molecule has 0 aliphatic carbocycles. The third-order valence-electron chi connectivity index (χ3n) is 9.91. The summed E-state index contributed by atoms with van der Waals surface area (Å²) < 4.78 is 4.66. The van der Waals surface area contributed by atoms with Gasteiger partial charge in [0, 0.05) is 44.5 Å². The van der Waals surface area contributed by atoms with E-state index >= 15 is 0 Å². The maximum absolute atomic E-state index is 5.18. The number of fused-ring (bicyclic) bond motifs is 5. The number of nitrogens with zero attached hydrogens (tertiary/aromatic N) is 4. The zero-order valence-corrected chi connectivity index (χ0v) is 27.8. The Bertz CT molecular complexity index is 2790. The van der Waals surface area contributed by atoms with E-state index in [1.165, 1.54) is 32.6 Å². The molecule has 4 heteroatoms. The molecule has 51 heavy (non-hydrogen) atoms. The van der Waals surface area contributed by atoms with E-state index in [-0.39, 0.29) is 0 Å². The first kappa shape index (κ1) is 29.0. The highest BCUT2D eigenvalue weighted by molar-refractivity contribution is 6.09. The molecule has 2 heterocycles. The number of benzene rings is 8. The van der Waals surface area contributed by atoms with Crippen LogP contribution in [0, 0.1) is 0 Å². The summed E-state index contributed by atoms with van der Waals surface area (Å²) in [6.45, 7) is 0. The van der Waals surface area contributed by atoms with Crippen LogP contribution in [0.2, 0.25) is 0 Å². The zero-order chi connectivity index (χ0) is 33.7. The minimum atomic E-state index is 0.917. The second-order valence-corrected chi connectivity index (χ2v) is 12.9. The molecule has 0 unspecified atom stereocenters. The van der Waals surface area contributed by atoms with Crippen LogP contribution in [-0.4, -0.2) is 14.1 Å². The molecule has 8 aromatic carbocycles. The average molecular weight is 653 g/mol. The molecule has 0 bridgehead atoms. The summed E-state index contributed by atoms with van der Waals surface area (Å²) in [7, 11) is 0. The molecular formula is C47H32N4. The summed E-state index contributed by atoms with van der Waals surface area (Å²) in [6, 6.07) is 69.0. The van der Waals surface area contributed by atoms with E-state index in [1.807, 2.05) is 0 Å². The van der Waals surface area contributed by atoms with Gasteiger partial charge in [0.1, 0.15) is 5.82 Å². The molecule has 0 N–H and O–H groups in total. The molecule has 10 aromatic rings. The van der Waals surface area contributed by atoms with E-state index in [4.69, 9.17) is 4.98 Å². The summed E-state index contributed by atoms with van der Waals surface area (Å²) >= 11 is 0. The Labute approximate surface area is 295 Å². The lowest BCUT2D eigenvalue weighted by Gasteiger charge is -2.26. The standard InChI is InChI=1S/C47H32N4/c1-2-15-35(16-3-1)49(37-29-31-38(32-30-37)50-44-21-9-6-18-40(44)41-19-7-10-22-45(41)50)36-27-25-34(26-28-36)47-48-42-20-8-11-23-46(42)51(47)43-24-12-14-33-13-4-5-17-39(33)43/h1-32H. The van der Waals surface area contributed by atoms with Crippen molar-refractivity contribution in [1.29, 1.82) is 0 Å². The zero-order valence-electron chi connectivity index (χ0n) is 27.8. The Morgan fingerprint density at radius 2 is 0.902 bits per heavy atom. The van der Waals surface area contributed by atoms with E-state index in [0.29, 0.717) is 0 Å². The Balaban J connectivity index is 1.08. The Morgan fingerprint density at radius 1 is 0.373 bits per heavy atom.